The van der Waals surface area contributed by atoms with Gasteiger partial charge in [0, 0.05) is 28.1 Å². The van der Waals surface area contributed by atoms with E-state index in [4.69, 9.17) is 14.7 Å². The number of ether oxygens (including phenoxy) is 1. The molecule has 0 radical (unpaired) electrons. The second-order valence-electron chi connectivity index (χ2n) is 15.6. The number of rotatable bonds is 3. The lowest BCUT2D eigenvalue weighted by molar-refractivity contribution is 0.476. The third kappa shape index (κ3) is 4.72. The van der Waals surface area contributed by atoms with Gasteiger partial charge in [0.25, 0.3) is 0 Å². The smallest absolute Gasteiger partial charge is 0.152 e. The zero-order valence-corrected chi connectivity index (χ0v) is 30.6. The van der Waals surface area contributed by atoms with Gasteiger partial charge < -0.3 is 14.4 Å². The van der Waals surface area contributed by atoms with E-state index in [0.29, 0.717) is 0 Å². The Hall–Kier alpha value is -6.98. The van der Waals surface area contributed by atoms with Crippen LogP contribution in [0.15, 0.2) is 152 Å². The molecule has 10 aromatic rings. The first kappa shape index (κ1) is 31.5. The molecular formula is C50H35N3O2. The van der Waals surface area contributed by atoms with Crippen molar-refractivity contribution in [3.05, 3.63) is 157 Å². The van der Waals surface area contributed by atoms with Gasteiger partial charge in [-0.05, 0) is 105 Å². The van der Waals surface area contributed by atoms with Crippen molar-refractivity contribution in [3.8, 4) is 56.6 Å². The molecule has 0 amide bonds. The predicted octanol–water partition coefficient (Wildman–Crippen LogP) is 13.1. The first-order valence-corrected chi connectivity index (χ1v) is 18.7. The summed E-state index contributed by atoms with van der Waals surface area (Å²) in [5.74, 6) is 1.77. The average molecular weight is 710 g/mol. The Kier molecular flexibility index (Phi) is 6.60. The monoisotopic (exact) mass is 709 g/mol. The Labute approximate surface area is 317 Å². The van der Waals surface area contributed by atoms with Crippen LogP contribution in [0.5, 0.6) is 17.2 Å². The van der Waals surface area contributed by atoms with Crippen LogP contribution in [0.3, 0.4) is 0 Å². The predicted molar refractivity (Wildman–Crippen MR) is 226 cm³/mol. The van der Waals surface area contributed by atoms with Crippen LogP contribution < -0.4 is 4.74 Å². The van der Waals surface area contributed by atoms with Gasteiger partial charge in [-0.15, -0.1) is 0 Å². The molecule has 0 atom stereocenters. The van der Waals surface area contributed by atoms with Gasteiger partial charge in [-0.3, -0.25) is 4.98 Å². The largest absolute Gasteiger partial charge is 0.506 e. The molecular weight excluding hydrogens is 675 g/mol. The lowest BCUT2D eigenvalue weighted by Gasteiger charge is -2.22. The SMILES string of the molecule is CC(C)(C)c1cc(-c2cc(-c3ccccc3)ccn2)cc(-c2ccc3c4ccccc4c4cc5c(c(O)c4c3n2)c2cccc3c2n5-c2ccccc2O3)c1. The first-order chi connectivity index (χ1) is 26.8. The van der Waals surface area contributed by atoms with Crippen molar-refractivity contribution in [1.29, 1.82) is 0 Å². The number of phenolic OH excluding ortho intramolecular Hbond substituents is 1. The summed E-state index contributed by atoms with van der Waals surface area (Å²) in [7, 11) is 0. The van der Waals surface area contributed by atoms with E-state index < -0.39 is 0 Å². The van der Waals surface area contributed by atoms with Crippen LogP contribution in [0.4, 0.5) is 0 Å². The molecule has 0 fully saturated rings. The molecule has 5 nitrogen and oxygen atoms in total. The Balaban J connectivity index is 1.20. The number of nitrogens with zero attached hydrogens (tertiary/aromatic N) is 3. The number of benzene rings is 7. The van der Waals surface area contributed by atoms with Crippen LogP contribution in [0, 0.1) is 0 Å². The number of aromatic nitrogens is 3. The van der Waals surface area contributed by atoms with E-state index >= 15 is 0 Å². The molecule has 0 saturated carbocycles. The minimum atomic E-state index is -0.121. The molecule has 4 heterocycles. The number of hydrogen-bond acceptors (Lipinski definition) is 4. The second kappa shape index (κ2) is 11.5. The van der Waals surface area contributed by atoms with Crippen molar-refractivity contribution in [2.45, 2.75) is 26.2 Å². The minimum Gasteiger partial charge on any atom is -0.506 e. The molecule has 55 heavy (non-hydrogen) atoms. The summed E-state index contributed by atoms with van der Waals surface area (Å²) in [5.41, 5.74) is 10.7. The van der Waals surface area contributed by atoms with Gasteiger partial charge >= 0.3 is 0 Å². The highest BCUT2D eigenvalue weighted by Crippen LogP contribution is 2.51. The second-order valence-corrected chi connectivity index (χ2v) is 15.6. The minimum absolute atomic E-state index is 0.121. The van der Waals surface area contributed by atoms with Gasteiger partial charge in [-0.2, -0.15) is 0 Å². The third-order valence-electron chi connectivity index (χ3n) is 11.2. The van der Waals surface area contributed by atoms with Gasteiger partial charge in [-0.25, -0.2) is 4.98 Å². The number of pyridine rings is 2. The first-order valence-electron chi connectivity index (χ1n) is 18.7. The quantitative estimate of drug-likeness (QED) is 0.186. The molecule has 1 N–H and O–H groups in total. The lowest BCUT2D eigenvalue weighted by atomic mass is 9.84. The van der Waals surface area contributed by atoms with E-state index in [1.165, 1.54) is 5.56 Å². The Morgan fingerprint density at radius 1 is 0.545 bits per heavy atom. The molecule has 1 aliphatic rings. The Morgan fingerprint density at radius 3 is 2.07 bits per heavy atom. The molecule has 1 aliphatic heterocycles. The zero-order chi connectivity index (χ0) is 37.0. The number of phenols is 1. The number of fused-ring (bicyclic) bond motifs is 11. The van der Waals surface area contributed by atoms with Crippen LogP contribution >= 0.6 is 0 Å². The summed E-state index contributed by atoms with van der Waals surface area (Å²) in [5, 5.41) is 19.2. The summed E-state index contributed by atoms with van der Waals surface area (Å²) in [6.07, 6.45) is 1.89. The molecule has 0 aliphatic carbocycles. The fourth-order valence-electron chi connectivity index (χ4n) is 8.54. The van der Waals surface area contributed by atoms with E-state index in [9.17, 15) is 5.11 Å². The molecule has 0 saturated heterocycles. The van der Waals surface area contributed by atoms with Crippen LogP contribution in [0.25, 0.3) is 93.6 Å². The Bertz CT molecular complexity index is 3230. The van der Waals surface area contributed by atoms with Crippen LogP contribution in [0.2, 0.25) is 0 Å². The maximum Gasteiger partial charge on any atom is 0.152 e. The molecule has 0 unspecified atom stereocenters. The summed E-state index contributed by atoms with van der Waals surface area (Å²) in [6.45, 7) is 6.72. The zero-order valence-electron chi connectivity index (χ0n) is 30.6. The Morgan fingerprint density at radius 2 is 1.25 bits per heavy atom. The molecule has 3 aromatic heterocycles. The highest BCUT2D eigenvalue weighted by atomic mass is 16.5. The van der Waals surface area contributed by atoms with Crippen molar-refractivity contribution in [2.24, 2.45) is 0 Å². The third-order valence-corrected chi connectivity index (χ3v) is 11.2. The summed E-state index contributed by atoms with van der Waals surface area (Å²) >= 11 is 0. The van der Waals surface area contributed by atoms with E-state index in [0.717, 1.165) is 105 Å². The van der Waals surface area contributed by atoms with Gasteiger partial charge in [0.05, 0.1) is 44.4 Å². The normalized spacial score (nSPS) is 12.5. The highest BCUT2D eigenvalue weighted by molar-refractivity contribution is 6.31. The number of para-hydroxylation sites is 3. The van der Waals surface area contributed by atoms with Crippen LogP contribution in [-0.2, 0) is 5.41 Å². The fraction of sp³-hybridized carbons (Fsp3) is 0.0800. The molecule has 0 spiro atoms. The van der Waals surface area contributed by atoms with Crippen molar-refractivity contribution < 1.29 is 9.84 Å². The fourth-order valence-corrected chi connectivity index (χ4v) is 8.54. The van der Waals surface area contributed by atoms with Crippen molar-refractivity contribution in [3.63, 3.8) is 0 Å². The van der Waals surface area contributed by atoms with Crippen molar-refractivity contribution >= 4 is 54.3 Å². The van der Waals surface area contributed by atoms with Crippen LogP contribution in [-0.4, -0.2) is 19.6 Å². The van der Waals surface area contributed by atoms with Gasteiger partial charge in [0.2, 0.25) is 0 Å². The van der Waals surface area contributed by atoms with Crippen LogP contribution in [0.1, 0.15) is 26.3 Å². The molecule has 7 aromatic carbocycles. The maximum absolute atomic E-state index is 12.7. The number of aromatic hydroxyl groups is 1. The summed E-state index contributed by atoms with van der Waals surface area (Å²) < 4.78 is 8.64. The standard InChI is InChI=1S/C50H35N3O2/c1-50(2,3)33-25-31(24-32(26-33)40-27-30(22-23-51-40)29-12-5-4-6-13-29)39-21-20-36-34-14-7-8-15-35(34)38-28-42-45(49(54)46(38)47(36)52-39)37-16-11-19-44-48(37)53(42)41-17-9-10-18-43(41)55-44/h4-28,54H,1-3H3. The number of hydrogen-bond donors (Lipinski definition) is 1. The lowest BCUT2D eigenvalue weighted by Crippen LogP contribution is -2.11. The summed E-state index contributed by atoms with van der Waals surface area (Å²) in [6, 6.07) is 50.5. The van der Waals surface area contributed by atoms with E-state index in [-0.39, 0.29) is 11.2 Å². The van der Waals surface area contributed by atoms with E-state index in [2.05, 4.69) is 135 Å². The maximum atomic E-state index is 12.7. The molecule has 262 valence electrons. The van der Waals surface area contributed by atoms with Crippen molar-refractivity contribution in [2.75, 3.05) is 0 Å². The van der Waals surface area contributed by atoms with Gasteiger partial charge in [-0.1, -0.05) is 99.6 Å². The van der Waals surface area contributed by atoms with Crippen molar-refractivity contribution in [1.82, 2.24) is 14.5 Å². The summed E-state index contributed by atoms with van der Waals surface area (Å²) in [4.78, 5) is 10.3. The topological polar surface area (TPSA) is 60.2 Å². The highest BCUT2D eigenvalue weighted by Gasteiger charge is 2.27. The van der Waals surface area contributed by atoms with Gasteiger partial charge in [0.1, 0.15) is 5.75 Å². The average Bonchev–Trinajstić information content (AvgIpc) is 3.56. The van der Waals surface area contributed by atoms with E-state index in [1.54, 1.807) is 0 Å². The molecule has 11 rings (SSSR count). The van der Waals surface area contributed by atoms with Gasteiger partial charge in [0.15, 0.2) is 11.5 Å². The molecule has 5 heteroatoms. The van der Waals surface area contributed by atoms with E-state index in [1.807, 2.05) is 42.6 Å². The molecule has 0 bridgehead atoms.